The number of benzene rings is 2. The number of hydrogen-bond acceptors (Lipinski definition) is 4. The van der Waals surface area contributed by atoms with Crippen LogP contribution in [0.4, 0.5) is 10.1 Å². The highest BCUT2D eigenvalue weighted by Gasteiger charge is 2.18. The average Bonchev–Trinajstić information content (AvgIpc) is 2.95. The van der Waals surface area contributed by atoms with Crippen LogP contribution in [0.1, 0.15) is 24.7 Å². The van der Waals surface area contributed by atoms with E-state index in [1.54, 1.807) is 22.8 Å². The Bertz CT molecular complexity index is 1110. The highest BCUT2D eigenvalue weighted by atomic mass is 32.2. The van der Waals surface area contributed by atoms with Gasteiger partial charge in [0, 0.05) is 6.42 Å². The lowest BCUT2D eigenvalue weighted by Gasteiger charge is -2.09. The average molecular weight is 405 g/mol. The van der Waals surface area contributed by atoms with E-state index >= 15 is 0 Å². The Morgan fingerprint density at radius 2 is 1.93 bits per heavy atom. The number of hydrogen-bond donors (Lipinski definition) is 2. The fraction of sp³-hybridized carbons (Fsp3) is 0.263. The lowest BCUT2D eigenvalue weighted by atomic mass is 10.2. The number of aromatic nitrogens is 2. The van der Waals surface area contributed by atoms with Crippen LogP contribution in [0.2, 0.25) is 0 Å². The summed E-state index contributed by atoms with van der Waals surface area (Å²) in [4.78, 5) is 15.7. The fourth-order valence-corrected chi connectivity index (χ4v) is 4.21. The maximum Gasteiger partial charge on any atom is 0.323 e. The van der Waals surface area contributed by atoms with Gasteiger partial charge in [-0.15, -0.1) is 0 Å². The van der Waals surface area contributed by atoms with Crippen molar-refractivity contribution >= 4 is 32.7 Å². The Kier molecular flexibility index (Phi) is 5.64. The minimum absolute atomic E-state index is 0.252. The van der Waals surface area contributed by atoms with Crippen molar-refractivity contribution in [2.45, 2.75) is 32.1 Å². The van der Waals surface area contributed by atoms with Crippen molar-refractivity contribution in [1.29, 1.82) is 0 Å². The molecule has 0 saturated carbocycles. The molecule has 0 fully saturated rings. The zero-order chi connectivity index (χ0) is 20.3. The molecule has 0 saturated heterocycles. The lowest BCUT2D eigenvalue weighted by Crippen LogP contribution is -2.15. The van der Waals surface area contributed by atoms with Crippen LogP contribution >= 0.6 is 0 Å². The van der Waals surface area contributed by atoms with Crippen LogP contribution in [0.3, 0.4) is 0 Å². The Morgan fingerprint density at radius 3 is 2.57 bits per heavy atom. The van der Waals surface area contributed by atoms with Gasteiger partial charge in [-0.3, -0.25) is 9.52 Å². The molecule has 0 unspecified atom stereocenters. The molecular weight excluding hydrogens is 385 g/mol. The molecule has 7 nitrogen and oxygen atoms in total. The number of carboxylic acid groups (broad SMARTS) is 1. The van der Waals surface area contributed by atoms with E-state index < -0.39 is 21.8 Å². The predicted octanol–water partition coefficient (Wildman–Crippen LogP) is 3.15. The van der Waals surface area contributed by atoms with Gasteiger partial charge in [0.05, 0.1) is 17.0 Å². The second-order valence-corrected chi connectivity index (χ2v) is 8.14. The lowest BCUT2D eigenvalue weighted by molar-refractivity contribution is -0.137. The Hall–Kier alpha value is -2.94. The summed E-state index contributed by atoms with van der Waals surface area (Å²) in [5.41, 5.74) is 1.67. The summed E-state index contributed by atoms with van der Waals surface area (Å²) < 4.78 is 42.2. The van der Waals surface area contributed by atoms with E-state index in [1.807, 2.05) is 6.92 Å². The summed E-state index contributed by atoms with van der Waals surface area (Å²) in [5.74, 6) is -1.17. The van der Waals surface area contributed by atoms with Crippen LogP contribution in [0.15, 0.2) is 42.5 Å². The van der Waals surface area contributed by atoms with E-state index in [9.17, 15) is 22.7 Å². The summed E-state index contributed by atoms with van der Waals surface area (Å²) in [5, 5.41) is 9.19. The molecule has 3 aromatic rings. The normalized spacial score (nSPS) is 11.6. The van der Waals surface area contributed by atoms with Gasteiger partial charge in [-0.2, -0.15) is 0 Å². The number of aryl methyl sites for hydroxylation is 1. The number of halogens is 1. The van der Waals surface area contributed by atoms with Crippen LogP contribution in [0.5, 0.6) is 0 Å². The third-order valence-corrected chi connectivity index (χ3v) is 5.40. The molecule has 2 aromatic carbocycles. The molecular formula is C19H20FN3O4S. The van der Waals surface area contributed by atoms with Gasteiger partial charge in [-0.1, -0.05) is 25.1 Å². The first kappa shape index (κ1) is 19.8. The smallest absolute Gasteiger partial charge is 0.323 e. The van der Waals surface area contributed by atoms with Crippen LogP contribution < -0.4 is 4.72 Å². The van der Waals surface area contributed by atoms with E-state index in [4.69, 9.17) is 0 Å². The minimum atomic E-state index is -3.77. The maximum absolute atomic E-state index is 13.0. The van der Waals surface area contributed by atoms with Crippen molar-refractivity contribution in [3.8, 4) is 0 Å². The summed E-state index contributed by atoms with van der Waals surface area (Å²) in [7, 11) is -3.77. The van der Waals surface area contributed by atoms with Crippen LogP contribution in [-0.2, 0) is 33.5 Å². The molecule has 0 aliphatic carbocycles. The van der Waals surface area contributed by atoms with E-state index in [0.29, 0.717) is 28.8 Å². The molecule has 9 heteroatoms. The molecule has 0 radical (unpaired) electrons. The number of fused-ring (bicyclic) bond motifs is 1. The molecule has 28 heavy (non-hydrogen) atoms. The fourth-order valence-electron chi connectivity index (χ4n) is 3.01. The third-order valence-electron chi connectivity index (χ3n) is 4.16. The molecule has 148 valence electrons. The number of para-hydroxylation sites is 1. The molecule has 0 amide bonds. The predicted molar refractivity (Wildman–Crippen MR) is 104 cm³/mol. The van der Waals surface area contributed by atoms with Gasteiger partial charge < -0.3 is 9.67 Å². The molecule has 0 spiro atoms. The van der Waals surface area contributed by atoms with Crippen LogP contribution in [0, 0.1) is 5.82 Å². The van der Waals surface area contributed by atoms with E-state index in [0.717, 1.165) is 6.42 Å². The van der Waals surface area contributed by atoms with Crippen molar-refractivity contribution < 1.29 is 22.7 Å². The molecule has 0 aliphatic rings. The second kappa shape index (κ2) is 7.97. The number of nitrogens with one attached hydrogen (secondary N) is 1. The molecule has 1 aromatic heterocycles. The summed E-state index contributed by atoms with van der Waals surface area (Å²) in [6.45, 7) is 1.70. The Morgan fingerprint density at radius 1 is 1.21 bits per heavy atom. The number of rotatable bonds is 8. The highest BCUT2D eigenvalue weighted by Crippen LogP contribution is 2.26. The van der Waals surface area contributed by atoms with Gasteiger partial charge in [0.1, 0.15) is 23.7 Å². The van der Waals surface area contributed by atoms with Gasteiger partial charge in [0.15, 0.2) is 0 Å². The number of imidazole rings is 1. The molecule has 0 aliphatic heterocycles. The molecule has 0 atom stereocenters. The van der Waals surface area contributed by atoms with Crippen LogP contribution in [0.25, 0.3) is 11.0 Å². The number of carboxylic acids is 1. The highest BCUT2D eigenvalue weighted by molar-refractivity contribution is 7.91. The molecule has 3 rings (SSSR count). The third kappa shape index (κ3) is 4.48. The zero-order valence-electron chi connectivity index (χ0n) is 15.2. The van der Waals surface area contributed by atoms with Crippen molar-refractivity contribution in [2.24, 2.45) is 0 Å². The molecule has 2 N–H and O–H groups in total. The van der Waals surface area contributed by atoms with Gasteiger partial charge in [0.2, 0.25) is 10.0 Å². The Balaban J connectivity index is 1.96. The summed E-state index contributed by atoms with van der Waals surface area (Å²) in [6.07, 6.45) is 1.35. The zero-order valence-corrected chi connectivity index (χ0v) is 16.0. The van der Waals surface area contributed by atoms with Gasteiger partial charge in [-0.05, 0) is 36.2 Å². The number of sulfonamides is 1. The SMILES string of the molecule is CCCc1nc2c(NS(=O)(=O)Cc3ccc(F)cc3)cccc2n1CC(=O)O. The summed E-state index contributed by atoms with van der Waals surface area (Å²) >= 11 is 0. The number of aliphatic carboxylic acids is 1. The van der Waals surface area contributed by atoms with Crippen LogP contribution in [-0.4, -0.2) is 29.0 Å². The molecule has 0 bridgehead atoms. The van der Waals surface area contributed by atoms with Gasteiger partial charge in [-0.25, -0.2) is 17.8 Å². The summed E-state index contributed by atoms with van der Waals surface area (Å²) in [6, 6.07) is 10.2. The first-order chi connectivity index (χ1) is 13.3. The first-order valence-corrected chi connectivity index (χ1v) is 10.4. The molecule has 1 heterocycles. The first-order valence-electron chi connectivity index (χ1n) is 8.74. The van der Waals surface area contributed by atoms with Gasteiger partial charge in [0.25, 0.3) is 0 Å². The van der Waals surface area contributed by atoms with Crippen molar-refractivity contribution in [1.82, 2.24) is 9.55 Å². The van der Waals surface area contributed by atoms with E-state index in [1.165, 1.54) is 24.3 Å². The quantitative estimate of drug-likeness (QED) is 0.599. The standard InChI is InChI=1S/C19H20FN3O4S/c1-2-4-17-21-19-15(5-3-6-16(19)23(17)11-18(24)25)22-28(26,27)12-13-7-9-14(20)10-8-13/h3,5-10,22H,2,4,11-12H2,1H3,(H,24,25). The Labute approximate surface area is 161 Å². The van der Waals surface area contributed by atoms with Crippen molar-refractivity contribution in [3.63, 3.8) is 0 Å². The largest absolute Gasteiger partial charge is 0.480 e. The minimum Gasteiger partial charge on any atom is -0.480 e. The number of nitrogens with zero attached hydrogens (tertiary/aromatic N) is 2. The van der Waals surface area contributed by atoms with Gasteiger partial charge >= 0.3 is 5.97 Å². The maximum atomic E-state index is 13.0. The van der Waals surface area contributed by atoms with E-state index in [2.05, 4.69) is 9.71 Å². The second-order valence-electron chi connectivity index (χ2n) is 6.42. The monoisotopic (exact) mass is 405 g/mol. The van der Waals surface area contributed by atoms with Crippen molar-refractivity contribution in [3.05, 3.63) is 59.7 Å². The number of anilines is 1. The van der Waals surface area contributed by atoms with E-state index in [-0.39, 0.29) is 18.0 Å². The topological polar surface area (TPSA) is 101 Å². The number of carbonyl (C=O) groups is 1. The van der Waals surface area contributed by atoms with Crippen molar-refractivity contribution in [2.75, 3.05) is 4.72 Å².